The summed E-state index contributed by atoms with van der Waals surface area (Å²) in [5.41, 5.74) is -0.568. The van der Waals surface area contributed by atoms with Gasteiger partial charge in [-0.25, -0.2) is 0 Å². The van der Waals surface area contributed by atoms with Gasteiger partial charge in [-0.3, -0.25) is 9.59 Å². The summed E-state index contributed by atoms with van der Waals surface area (Å²) in [5.74, 6) is -0.687. The minimum atomic E-state index is -0.755. The van der Waals surface area contributed by atoms with Gasteiger partial charge in [-0.2, -0.15) is 0 Å². The molecule has 0 aromatic rings. The van der Waals surface area contributed by atoms with Gasteiger partial charge in [0.25, 0.3) is 0 Å². The fourth-order valence-electron chi connectivity index (χ4n) is 3.53. The minimum absolute atomic E-state index is 0.0674. The summed E-state index contributed by atoms with van der Waals surface area (Å²) in [6.07, 6.45) is 6.16. The zero-order chi connectivity index (χ0) is 14.6. The van der Waals surface area contributed by atoms with E-state index < -0.39 is 5.97 Å². The Kier molecular flexibility index (Phi) is 4.68. The van der Waals surface area contributed by atoms with E-state index in [1.807, 2.05) is 6.92 Å². The topological polar surface area (TPSA) is 78.4 Å². The Morgan fingerprint density at radius 2 is 1.90 bits per heavy atom. The first kappa shape index (κ1) is 15.3. The average Bonchev–Trinajstić information content (AvgIpc) is 2.85. The molecule has 1 unspecified atom stereocenters. The van der Waals surface area contributed by atoms with E-state index in [0.29, 0.717) is 13.1 Å². The summed E-state index contributed by atoms with van der Waals surface area (Å²) >= 11 is 0. The van der Waals surface area contributed by atoms with Crippen LogP contribution in [-0.2, 0) is 9.59 Å². The van der Waals surface area contributed by atoms with E-state index in [0.717, 1.165) is 38.6 Å². The molecule has 1 aliphatic heterocycles. The maximum atomic E-state index is 12.3. The van der Waals surface area contributed by atoms with Crippen LogP contribution >= 0.6 is 0 Å². The maximum absolute atomic E-state index is 12.3. The molecular weight excluding hydrogens is 256 g/mol. The van der Waals surface area contributed by atoms with Crippen molar-refractivity contribution in [1.29, 1.82) is 0 Å². The Labute approximate surface area is 120 Å². The predicted octanol–water partition coefficient (Wildman–Crippen LogP) is 1.53. The Morgan fingerprint density at radius 1 is 1.20 bits per heavy atom. The highest BCUT2D eigenvalue weighted by Gasteiger charge is 2.39. The molecule has 0 radical (unpaired) electrons. The van der Waals surface area contributed by atoms with Crippen molar-refractivity contribution in [3.05, 3.63) is 0 Å². The quantitative estimate of drug-likeness (QED) is 0.714. The van der Waals surface area contributed by atoms with Crippen LogP contribution in [0.5, 0.6) is 0 Å². The van der Waals surface area contributed by atoms with Crippen molar-refractivity contribution < 1.29 is 14.7 Å². The first-order chi connectivity index (χ1) is 9.46. The van der Waals surface area contributed by atoms with Crippen LogP contribution in [0.2, 0.25) is 0 Å². The molecule has 2 fully saturated rings. The van der Waals surface area contributed by atoms with Crippen molar-refractivity contribution in [2.24, 2.45) is 10.8 Å². The van der Waals surface area contributed by atoms with Gasteiger partial charge in [0.2, 0.25) is 5.91 Å². The van der Waals surface area contributed by atoms with Crippen LogP contribution in [0.3, 0.4) is 0 Å². The second kappa shape index (κ2) is 6.12. The summed E-state index contributed by atoms with van der Waals surface area (Å²) < 4.78 is 0. The molecule has 1 atom stereocenters. The first-order valence-electron chi connectivity index (χ1n) is 7.67. The highest BCUT2D eigenvalue weighted by atomic mass is 16.4. The lowest BCUT2D eigenvalue weighted by Gasteiger charge is -2.37. The summed E-state index contributed by atoms with van der Waals surface area (Å²) in [4.78, 5) is 23.5. The molecule has 1 saturated heterocycles. The van der Waals surface area contributed by atoms with Crippen LogP contribution in [0.4, 0.5) is 0 Å². The zero-order valence-electron chi connectivity index (χ0n) is 12.3. The Morgan fingerprint density at radius 3 is 2.45 bits per heavy atom. The minimum Gasteiger partial charge on any atom is -0.481 e. The molecule has 0 aromatic heterocycles. The molecule has 5 heteroatoms. The van der Waals surface area contributed by atoms with Crippen molar-refractivity contribution in [1.82, 2.24) is 10.6 Å². The highest BCUT2D eigenvalue weighted by Crippen LogP contribution is 2.39. The third-order valence-corrected chi connectivity index (χ3v) is 4.98. The summed E-state index contributed by atoms with van der Waals surface area (Å²) in [5, 5.41) is 15.4. The van der Waals surface area contributed by atoms with Crippen LogP contribution in [0.25, 0.3) is 0 Å². The SMILES string of the molecule is CC1(C(=O)NCC2(CC(=O)O)CCCCC2)CCNC1. The zero-order valence-corrected chi connectivity index (χ0v) is 12.3. The van der Waals surface area contributed by atoms with Crippen molar-refractivity contribution in [2.45, 2.75) is 51.9 Å². The molecule has 114 valence electrons. The van der Waals surface area contributed by atoms with Crippen LogP contribution < -0.4 is 10.6 Å². The molecule has 5 nitrogen and oxygen atoms in total. The standard InChI is InChI=1S/C15H26N2O3/c1-14(7-8-16-10-14)13(20)17-11-15(9-12(18)19)5-3-2-4-6-15/h16H,2-11H2,1H3,(H,17,20)(H,18,19). The maximum Gasteiger partial charge on any atom is 0.303 e. The first-order valence-corrected chi connectivity index (χ1v) is 7.67. The van der Waals surface area contributed by atoms with E-state index in [1.165, 1.54) is 6.42 Å². The van der Waals surface area contributed by atoms with E-state index in [9.17, 15) is 9.59 Å². The lowest BCUT2D eigenvalue weighted by molar-refractivity contribution is -0.141. The molecule has 1 amide bonds. The van der Waals surface area contributed by atoms with Crippen molar-refractivity contribution in [3.63, 3.8) is 0 Å². The van der Waals surface area contributed by atoms with Crippen LogP contribution in [0.15, 0.2) is 0 Å². The predicted molar refractivity (Wildman–Crippen MR) is 76.4 cm³/mol. The summed E-state index contributed by atoms with van der Waals surface area (Å²) in [6, 6.07) is 0. The van der Waals surface area contributed by atoms with Gasteiger partial charge in [0.05, 0.1) is 11.8 Å². The summed E-state index contributed by atoms with van der Waals surface area (Å²) in [7, 11) is 0. The fraction of sp³-hybridized carbons (Fsp3) is 0.867. The van der Waals surface area contributed by atoms with Gasteiger partial charge in [-0.05, 0) is 38.1 Å². The smallest absolute Gasteiger partial charge is 0.303 e. The van der Waals surface area contributed by atoms with E-state index >= 15 is 0 Å². The number of amides is 1. The van der Waals surface area contributed by atoms with E-state index in [1.54, 1.807) is 0 Å². The van der Waals surface area contributed by atoms with E-state index in [-0.39, 0.29) is 23.2 Å². The summed E-state index contributed by atoms with van der Waals surface area (Å²) in [6.45, 7) is 4.08. The average molecular weight is 282 g/mol. The number of hydrogen-bond donors (Lipinski definition) is 3. The number of carboxylic acids is 1. The molecule has 0 spiro atoms. The second-order valence-corrected chi connectivity index (χ2v) is 6.80. The number of nitrogens with one attached hydrogen (secondary N) is 2. The van der Waals surface area contributed by atoms with E-state index in [4.69, 9.17) is 5.11 Å². The van der Waals surface area contributed by atoms with Gasteiger partial charge in [0.15, 0.2) is 0 Å². The van der Waals surface area contributed by atoms with Gasteiger partial charge in [0.1, 0.15) is 0 Å². The number of carboxylic acid groups (broad SMARTS) is 1. The lowest BCUT2D eigenvalue weighted by Crippen LogP contribution is -2.46. The highest BCUT2D eigenvalue weighted by molar-refractivity contribution is 5.83. The number of aliphatic carboxylic acids is 1. The Hall–Kier alpha value is -1.10. The molecule has 1 aliphatic carbocycles. The number of carbonyl (C=O) groups is 2. The van der Waals surface area contributed by atoms with E-state index in [2.05, 4.69) is 10.6 Å². The van der Waals surface area contributed by atoms with Gasteiger partial charge in [-0.1, -0.05) is 19.3 Å². The van der Waals surface area contributed by atoms with Gasteiger partial charge >= 0.3 is 5.97 Å². The van der Waals surface area contributed by atoms with Crippen molar-refractivity contribution >= 4 is 11.9 Å². The second-order valence-electron chi connectivity index (χ2n) is 6.80. The van der Waals surface area contributed by atoms with Gasteiger partial charge in [-0.15, -0.1) is 0 Å². The number of carbonyl (C=O) groups excluding carboxylic acids is 1. The molecule has 20 heavy (non-hydrogen) atoms. The lowest BCUT2D eigenvalue weighted by atomic mass is 9.71. The van der Waals surface area contributed by atoms with Crippen LogP contribution in [0, 0.1) is 10.8 Å². The van der Waals surface area contributed by atoms with Crippen molar-refractivity contribution in [3.8, 4) is 0 Å². The van der Waals surface area contributed by atoms with Crippen LogP contribution in [-0.4, -0.2) is 36.6 Å². The third kappa shape index (κ3) is 3.51. The molecule has 0 bridgehead atoms. The molecule has 3 N–H and O–H groups in total. The normalized spacial score (nSPS) is 29.1. The number of rotatable bonds is 5. The molecule has 1 saturated carbocycles. The molecule has 2 rings (SSSR count). The fourth-order valence-corrected chi connectivity index (χ4v) is 3.53. The Balaban J connectivity index is 1.94. The molecular formula is C15H26N2O3. The van der Waals surface area contributed by atoms with Gasteiger partial charge in [0, 0.05) is 13.1 Å². The number of hydrogen-bond acceptors (Lipinski definition) is 3. The van der Waals surface area contributed by atoms with Crippen LogP contribution in [0.1, 0.15) is 51.9 Å². The van der Waals surface area contributed by atoms with Crippen molar-refractivity contribution in [2.75, 3.05) is 19.6 Å². The largest absolute Gasteiger partial charge is 0.481 e. The molecule has 0 aromatic carbocycles. The molecule has 1 heterocycles. The van der Waals surface area contributed by atoms with Gasteiger partial charge < -0.3 is 15.7 Å². The monoisotopic (exact) mass is 282 g/mol. The third-order valence-electron chi connectivity index (χ3n) is 4.98. The Bertz CT molecular complexity index is 369. The molecule has 2 aliphatic rings.